The highest BCUT2D eigenvalue weighted by molar-refractivity contribution is 6.31. The van der Waals surface area contributed by atoms with E-state index in [9.17, 15) is 4.79 Å². The van der Waals surface area contributed by atoms with Gasteiger partial charge in [0.25, 0.3) is 5.91 Å². The standard InChI is InChI=1S/C20H18ClNO4/c1-12-15-9-13(21)7-8-16(15)26-19(12)20(23)22(2)10-14-11-24-17-5-3-4-6-18(17)25-14/h3-9,14H,10-11H2,1-2H3. The summed E-state index contributed by atoms with van der Waals surface area (Å²) in [5.74, 6) is 1.54. The summed E-state index contributed by atoms with van der Waals surface area (Å²) >= 11 is 6.04. The van der Waals surface area contributed by atoms with Crippen LogP contribution >= 0.6 is 11.6 Å². The van der Waals surface area contributed by atoms with Crippen molar-refractivity contribution in [1.29, 1.82) is 0 Å². The quantitative estimate of drug-likeness (QED) is 0.688. The third kappa shape index (κ3) is 2.99. The van der Waals surface area contributed by atoms with Gasteiger partial charge in [0.1, 0.15) is 12.2 Å². The van der Waals surface area contributed by atoms with Crippen molar-refractivity contribution in [2.24, 2.45) is 0 Å². The van der Waals surface area contributed by atoms with Gasteiger partial charge < -0.3 is 18.8 Å². The molecule has 0 saturated heterocycles. The first-order valence-corrected chi connectivity index (χ1v) is 8.73. The zero-order valence-electron chi connectivity index (χ0n) is 14.5. The van der Waals surface area contributed by atoms with E-state index in [1.54, 1.807) is 24.1 Å². The van der Waals surface area contributed by atoms with Gasteiger partial charge in [0.2, 0.25) is 0 Å². The van der Waals surface area contributed by atoms with Crippen molar-refractivity contribution in [3.05, 3.63) is 58.8 Å². The molecule has 1 unspecified atom stereocenters. The number of amides is 1. The Labute approximate surface area is 156 Å². The molecule has 134 valence electrons. The van der Waals surface area contributed by atoms with Crippen LogP contribution in [-0.4, -0.2) is 37.1 Å². The topological polar surface area (TPSA) is 51.9 Å². The van der Waals surface area contributed by atoms with Crippen LogP contribution in [0.4, 0.5) is 0 Å². The molecule has 0 N–H and O–H groups in total. The van der Waals surface area contributed by atoms with E-state index in [2.05, 4.69) is 0 Å². The van der Waals surface area contributed by atoms with Crippen LogP contribution in [-0.2, 0) is 0 Å². The average molecular weight is 372 g/mol. The number of rotatable bonds is 3. The van der Waals surface area contributed by atoms with Crippen LogP contribution in [0.25, 0.3) is 11.0 Å². The van der Waals surface area contributed by atoms with Gasteiger partial charge in [0, 0.05) is 23.0 Å². The van der Waals surface area contributed by atoms with Crippen molar-refractivity contribution >= 4 is 28.5 Å². The molecule has 1 amide bonds. The highest BCUT2D eigenvalue weighted by Crippen LogP contribution is 2.32. The van der Waals surface area contributed by atoms with Gasteiger partial charge in [-0.1, -0.05) is 23.7 Å². The van der Waals surface area contributed by atoms with Crippen LogP contribution in [0.15, 0.2) is 46.9 Å². The summed E-state index contributed by atoms with van der Waals surface area (Å²) in [6, 6.07) is 12.8. The number of hydrogen-bond donors (Lipinski definition) is 0. The maximum Gasteiger partial charge on any atom is 0.289 e. The summed E-state index contributed by atoms with van der Waals surface area (Å²) in [6.45, 7) is 2.65. The number of carbonyl (C=O) groups is 1. The van der Waals surface area contributed by atoms with Crippen molar-refractivity contribution in [3.8, 4) is 11.5 Å². The van der Waals surface area contributed by atoms with Crippen LogP contribution in [0, 0.1) is 6.92 Å². The van der Waals surface area contributed by atoms with E-state index >= 15 is 0 Å². The lowest BCUT2D eigenvalue weighted by Crippen LogP contribution is -2.41. The van der Waals surface area contributed by atoms with E-state index in [-0.39, 0.29) is 12.0 Å². The lowest BCUT2D eigenvalue weighted by Gasteiger charge is -2.29. The number of fused-ring (bicyclic) bond motifs is 2. The second kappa shape index (κ2) is 6.57. The van der Waals surface area contributed by atoms with Crippen molar-refractivity contribution in [2.45, 2.75) is 13.0 Å². The Morgan fingerprint density at radius 2 is 2.00 bits per heavy atom. The summed E-state index contributed by atoms with van der Waals surface area (Å²) in [7, 11) is 1.73. The summed E-state index contributed by atoms with van der Waals surface area (Å²) in [5.41, 5.74) is 1.43. The van der Waals surface area contributed by atoms with Crippen LogP contribution < -0.4 is 9.47 Å². The van der Waals surface area contributed by atoms with Crippen molar-refractivity contribution in [1.82, 2.24) is 4.90 Å². The van der Waals surface area contributed by atoms with Crippen LogP contribution in [0.1, 0.15) is 16.1 Å². The zero-order valence-corrected chi connectivity index (χ0v) is 15.2. The fraction of sp³-hybridized carbons (Fsp3) is 0.250. The summed E-state index contributed by atoms with van der Waals surface area (Å²) in [4.78, 5) is 14.4. The molecule has 1 aromatic heterocycles. The largest absolute Gasteiger partial charge is 0.486 e. The number of hydrogen-bond acceptors (Lipinski definition) is 4. The lowest BCUT2D eigenvalue weighted by molar-refractivity contribution is 0.0502. The molecule has 0 bridgehead atoms. The van der Waals surface area contributed by atoms with E-state index < -0.39 is 0 Å². The predicted octanol–water partition coefficient (Wildman–Crippen LogP) is 4.31. The van der Waals surface area contributed by atoms with Gasteiger partial charge in [-0.25, -0.2) is 0 Å². The Kier molecular flexibility index (Phi) is 4.24. The Morgan fingerprint density at radius 3 is 2.81 bits per heavy atom. The molecule has 2 heterocycles. The second-order valence-corrected chi connectivity index (χ2v) is 6.82. The monoisotopic (exact) mass is 371 g/mol. The minimum Gasteiger partial charge on any atom is -0.486 e. The minimum atomic E-state index is -0.238. The van der Waals surface area contributed by atoms with Crippen molar-refractivity contribution < 1.29 is 18.7 Å². The summed E-state index contributed by atoms with van der Waals surface area (Å²) < 4.78 is 17.4. The fourth-order valence-electron chi connectivity index (χ4n) is 3.11. The molecule has 0 aliphatic carbocycles. The van der Waals surface area contributed by atoms with Crippen molar-refractivity contribution in [3.63, 3.8) is 0 Å². The average Bonchev–Trinajstić information content (AvgIpc) is 2.97. The number of benzene rings is 2. The normalized spacial score (nSPS) is 15.9. The summed E-state index contributed by atoms with van der Waals surface area (Å²) in [5, 5.41) is 1.46. The molecule has 1 atom stereocenters. The zero-order chi connectivity index (χ0) is 18.3. The first kappa shape index (κ1) is 16.8. The van der Waals surface area contributed by atoms with Crippen molar-refractivity contribution in [2.75, 3.05) is 20.2 Å². The second-order valence-electron chi connectivity index (χ2n) is 6.38. The first-order chi connectivity index (χ1) is 12.5. The number of para-hydroxylation sites is 2. The van der Waals surface area contributed by atoms with Crippen LogP contribution in [0.2, 0.25) is 5.02 Å². The highest BCUT2D eigenvalue weighted by atomic mass is 35.5. The molecule has 1 aliphatic heterocycles. The van der Waals surface area contributed by atoms with Gasteiger partial charge in [0.05, 0.1) is 6.54 Å². The number of nitrogens with zero attached hydrogens (tertiary/aromatic N) is 1. The van der Waals surface area contributed by atoms with Crippen LogP contribution in [0.3, 0.4) is 0 Å². The SMILES string of the molecule is Cc1c(C(=O)N(C)CC2COc3ccccc3O2)oc2ccc(Cl)cc12. The Bertz CT molecular complexity index is 981. The minimum absolute atomic E-state index is 0.197. The number of ether oxygens (including phenoxy) is 2. The molecule has 3 aromatic rings. The molecule has 1 aliphatic rings. The predicted molar refractivity (Wildman–Crippen MR) is 99.3 cm³/mol. The Hall–Kier alpha value is -2.66. The highest BCUT2D eigenvalue weighted by Gasteiger charge is 2.27. The first-order valence-electron chi connectivity index (χ1n) is 8.35. The fourth-order valence-corrected chi connectivity index (χ4v) is 3.28. The van der Waals surface area contributed by atoms with Gasteiger partial charge in [-0.05, 0) is 37.3 Å². The van der Waals surface area contributed by atoms with Gasteiger partial charge in [0.15, 0.2) is 23.4 Å². The van der Waals surface area contributed by atoms with E-state index in [0.29, 0.717) is 35.3 Å². The van der Waals surface area contributed by atoms with E-state index in [1.807, 2.05) is 37.3 Å². The van der Waals surface area contributed by atoms with Gasteiger partial charge in [-0.15, -0.1) is 0 Å². The Morgan fingerprint density at radius 1 is 1.23 bits per heavy atom. The molecular weight excluding hydrogens is 354 g/mol. The third-order valence-electron chi connectivity index (χ3n) is 4.48. The molecule has 0 saturated carbocycles. The molecule has 4 rings (SSSR count). The molecule has 26 heavy (non-hydrogen) atoms. The van der Waals surface area contributed by atoms with E-state index in [1.165, 1.54) is 0 Å². The maximum atomic E-state index is 12.8. The number of halogens is 1. The number of carbonyl (C=O) groups excluding carboxylic acids is 1. The molecule has 2 aromatic carbocycles. The van der Waals surface area contributed by atoms with Gasteiger partial charge >= 0.3 is 0 Å². The van der Waals surface area contributed by atoms with E-state index in [4.69, 9.17) is 25.5 Å². The lowest BCUT2D eigenvalue weighted by atomic mass is 10.1. The molecular formula is C20H18ClNO4. The molecule has 0 fully saturated rings. The van der Waals surface area contributed by atoms with E-state index in [0.717, 1.165) is 16.7 Å². The number of furan rings is 1. The van der Waals surface area contributed by atoms with Gasteiger partial charge in [-0.3, -0.25) is 4.79 Å². The third-order valence-corrected chi connectivity index (χ3v) is 4.72. The summed E-state index contributed by atoms with van der Waals surface area (Å²) in [6.07, 6.45) is -0.238. The molecule has 6 heteroatoms. The molecule has 5 nitrogen and oxygen atoms in total. The van der Waals surface area contributed by atoms with Crippen LogP contribution in [0.5, 0.6) is 11.5 Å². The maximum absolute atomic E-state index is 12.8. The van der Waals surface area contributed by atoms with Gasteiger partial charge in [-0.2, -0.15) is 0 Å². The smallest absolute Gasteiger partial charge is 0.289 e. The molecule has 0 spiro atoms. The molecule has 0 radical (unpaired) electrons. The number of aryl methyl sites for hydroxylation is 1. The number of likely N-dealkylation sites (N-methyl/N-ethyl adjacent to an activating group) is 1. The Balaban J connectivity index is 1.51.